The molecule has 0 saturated carbocycles. The first-order valence-electron chi connectivity index (χ1n) is 7.44. The molecule has 2 unspecified atom stereocenters. The van der Waals surface area contributed by atoms with E-state index in [2.05, 4.69) is 20.8 Å². The molecule has 0 spiro atoms. The summed E-state index contributed by atoms with van der Waals surface area (Å²) in [5.41, 5.74) is 7.18. The molecular formula is C16H25NO3. The van der Waals surface area contributed by atoms with Gasteiger partial charge in [-0.3, -0.25) is 0 Å². The van der Waals surface area contributed by atoms with E-state index in [-0.39, 0.29) is 12.8 Å². The van der Waals surface area contributed by atoms with Crippen molar-refractivity contribution in [2.45, 2.75) is 46.1 Å². The Morgan fingerprint density at radius 2 is 1.90 bits per heavy atom. The van der Waals surface area contributed by atoms with Gasteiger partial charge in [0.2, 0.25) is 6.79 Å². The molecule has 0 aromatic heterocycles. The number of hydrogen-bond donors (Lipinski definition) is 1. The average molecular weight is 279 g/mol. The van der Waals surface area contributed by atoms with E-state index in [9.17, 15) is 0 Å². The second-order valence-electron chi connectivity index (χ2n) is 5.51. The van der Waals surface area contributed by atoms with Gasteiger partial charge in [0.15, 0.2) is 11.5 Å². The number of benzene rings is 1. The van der Waals surface area contributed by atoms with Crippen LogP contribution < -0.4 is 19.9 Å². The van der Waals surface area contributed by atoms with E-state index in [4.69, 9.17) is 19.9 Å². The fourth-order valence-corrected chi connectivity index (χ4v) is 2.04. The lowest BCUT2D eigenvalue weighted by Crippen LogP contribution is -2.22. The van der Waals surface area contributed by atoms with Crippen LogP contribution in [0.3, 0.4) is 0 Å². The van der Waals surface area contributed by atoms with E-state index in [0.717, 1.165) is 42.1 Å². The Kier molecular flexibility index (Phi) is 5.12. The molecule has 1 heterocycles. The van der Waals surface area contributed by atoms with Crippen LogP contribution >= 0.6 is 0 Å². The maximum Gasteiger partial charge on any atom is 0.231 e. The highest BCUT2D eigenvalue weighted by molar-refractivity contribution is 5.52. The first-order valence-corrected chi connectivity index (χ1v) is 7.44. The van der Waals surface area contributed by atoms with Crippen molar-refractivity contribution in [1.82, 2.24) is 0 Å². The SMILES string of the molecule is CCC(C)COc1cc2c(cc1CC(N)CC)OCO2. The predicted octanol–water partition coefficient (Wildman–Crippen LogP) is 3.12. The van der Waals surface area contributed by atoms with Crippen LogP contribution in [-0.2, 0) is 6.42 Å². The van der Waals surface area contributed by atoms with Crippen LogP contribution in [0.15, 0.2) is 12.1 Å². The van der Waals surface area contributed by atoms with E-state index >= 15 is 0 Å². The summed E-state index contributed by atoms with van der Waals surface area (Å²) < 4.78 is 16.8. The van der Waals surface area contributed by atoms with Gasteiger partial charge in [0.25, 0.3) is 0 Å². The van der Waals surface area contributed by atoms with E-state index in [0.29, 0.717) is 12.5 Å². The van der Waals surface area contributed by atoms with Gasteiger partial charge in [0.1, 0.15) is 5.75 Å². The smallest absolute Gasteiger partial charge is 0.231 e. The molecule has 0 saturated heterocycles. The second kappa shape index (κ2) is 6.84. The van der Waals surface area contributed by atoms with Gasteiger partial charge in [-0.1, -0.05) is 27.2 Å². The average Bonchev–Trinajstić information content (AvgIpc) is 2.91. The third kappa shape index (κ3) is 3.57. The van der Waals surface area contributed by atoms with Crippen LogP contribution in [0.5, 0.6) is 17.2 Å². The fraction of sp³-hybridized carbons (Fsp3) is 0.625. The van der Waals surface area contributed by atoms with Crippen molar-refractivity contribution in [2.24, 2.45) is 11.7 Å². The number of fused-ring (bicyclic) bond motifs is 1. The molecule has 2 rings (SSSR count). The standard InChI is InChI=1S/C16H25NO3/c1-4-11(3)9-18-14-8-16-15(19-10-20-16)7-12(14)6-13(17)5-2/h7-8,11,13H,4-6,9-10,17H2,1-3H3. The van der Waals surface area contributed by atoms with Crippen molar-refractivity contribution in [3.05, 3.63) is 17.7 Å². The van der Waals surface area contributed by atoms with Gasteiger partial charge >= 0.3 is 0 Å². The minimum atomic E-state index is 0.140. The summed E-state index contributed by atoms with van der Waals surface area (Å²) in [6, 6.07) is 4.08. The van der Waals surface area contributed by atoms with Crippen molar-refractivity contribution in [3.8, 4) is 17.2 Å². The monoisotopic (exact) mass is 279 g/mol. The lowest BCUT2D eigenvalue weighted by Gasteiger charge is -2.17. The highest BCUT2D eigenvalue weighted by Gasteiger charge is 2.19. The van der Waals surface area contributed by atoms with Gasteiger partial charge in [0, 0.05) is 12.1 Å². The zero-order valence-corrected chi connectivity index (χ0v) is 12.6. The lowest BCUT2D eigenvalue weighted by molar-refractivity contribution is 0.173. The highest BCUT2D eigenvalue weighted by Crippen LogP contribution is 2.38. The van der Waals surface area contributed by atoms with E-state index < -0.39 is 0 Å². The van der Waals surface area contributed by atoms with Gasteiger partial charge in [-0.05, 0) is 30.4 Å². The quantitative estimate of drug-likeness (QED) is 0.833. The summed E-state index contributed by atoms with van der Waals surface area (Å²) in [5, 5.41) is 0. The van der Waals surface area contributed by atoms with E-state index in [1.165, 1.54) is 0 Å². The molecule has 4 heteroatoms. The molecule has 0 aliphatic carbocycles. The molecule has 1 aromatic carbocycles. The summed E-state index contributed by atoms with van der Waals surface area (Å²) in [4.78, 5) is 0. The van der Waals surface area contributed by atoms with Crippen LogP contribution in [0.25, 0.3) is 0 Å². The molecule has 4 nitrogen and oxygen atoms in total. The maximum absolute atomic E-state index is 6.07. The normalized spacial score (nSPS) is 16.0. The zero-order chi connectivity index (χ0) is 14.5. The Morgan fingerprint density at radius 3 is 2.55 bits per heavy atom. The maximum atomic E-state index is 6.07. The van der Waals surface area contributed by atoms with Crippen molar-refractivity contribution in [1.29, 1.82) is 0 Å². The molecule has 1 aliphatic rings. The molecular weight excluding hydrogens is 254 g/mol. The molecule has 2 N–H and O–H groups in total. The van der Waals surface area contributed by atoms with Crippen LogP contribution in [-0.4, -0.2) is 19.4 Å². The Bertz CT molecular complexity index is 448. The van der Waals surface area contributed by atoms with Crippen molar-refractivity contribution in [3.63, 3.8) is 0 Å². The molecule has 2 atom stereocenters. The number of ether oxygens (including phenoxy) is 3. The number of hydrogen-bond acceptors (Lipinski definition) is 4. The molecule has 20 heavy (non-hydrogen) atoms. The Labute approximate surface area is 121 Å². The highest BCUT2D eigenvalue weighted by atomic mass is 16.7. The molecule has 0 bridgehead atoms. The third-order valence-electron chi connectivity index (χ3n) is 3.78. The van der Waals surface area contributed by atoms with Gasteiger partial charge in [0.05, 0.1) is 6.61 Å². The van der Waals surface area contributed by atoms with Gasteiger partial charge < -0.3 is 19.9 Å². The summed E-state index contributed by atoms with van der Waals surface area (Å²) in [6.45, 7) is 7.44. The van der Waals surface area contributed by atoms with Crippen LogP contribution in [0.2, 0.25) is 0 Å². The minimum absolute atomic E-state index is 0.140. The summed E-state index contributed by atoms with van der Waals surface area (Å²) >= 11 is 0. The summed E-state index contributed by atoms with van der Waals surface area (Å²) in [5.74, 6) is 2.96. The largest absolute Gasteiger partial charge is 0.493 e. The molecule has 1 aromatic rings. The fourth-order valence-electron chi connectivity index (χ4n) is 2.04. The molecule has 112 valence electrons. The third-order valence-corrected chi connectivity index (χ3v) is 3.78. The minimum Gasteiger partial charge on any atom is -0.493 e. The molecule has 0 fully saturated rings. The second-order valence-corrected chi connectivity index (χ2v) is 5.51. The van der Waals surface area contributed by atoms with E-state index in [1.807, 2.05) is 12.1 Å². The van der Waals surface area contributed by atoms with Gasteiger partial charge in [-0.2, -0.15) is 0 Å². The number of rotatable bonds is 7. The zero-order valence-electron chi connectivity index (χ0n) is 12.6. The molecule has 1 aliphatic heterocycles. The van der Waals surface area contributed by atoms with Gasteiger partial charge in [-0.25, -0.2) is 0 Å². The predicted molar refractivity (Wildman–Crippen MR) is 79.5 cm³/mol. The topological polar surface area (TPSA) is 53.7 Å². The first-order chi connectivity index (χ1) is 9.63. The van der Waals surface area contributed by atoms with Crippen molar-refractivity contribution >= 4 is 0 Å². The van der Waals surface area contributed by atoms with Gasteiger partial charge in [-0.15, -0.1) is 0 Å². The van der Waals surface area contributed by atoms with Crippen LogP contribution in [0, 0.1) is 5.92 Å². The number of nitrogens with two attached hydrogens (primary N) is 1. The summed E-state index contributed by atoms with van der Waals surface area (Å²) in [6.07, 6.45) is 2.84. The van der Waals surface area contributed by atoms with Crippen LogP contribution in [0.1, 0.15) is 39.2 Å². The lowest BCUT2D eigenvalue weighted by atomic mass is 10.0. The van der Waals surface area contributed by atoms with Crippen LogP contribution in [0.4, 0.5) is 0 Å². The Hall–Kier alpha value is -1.42. The summed E-state index contributed by atoms with van der Waals surface area (Å²) in [7, 11) is 0. The van der Waals surface area contributed by atoms with Crippen molar-refractivity contribution < 1.29 is 14.2 Å². The Balaban J connectivity index is 2.18. The van der Waals surface area contributed by atoms with Crippen molar-refractivity contribution in [2.75, 3.05) is 13.4 Å². The first kappa shape index (κ1) is 15.0. The van der Waals surface area contributed by atoms with E-state index in [1.54, 1.807) is 0 Å². The molecule has 0 amide bonds. The molecule has 0 radical (unpaired) electrons. The Morgan fingerprint density at radius 1 is 1.20 bits per heavy atom.